The first kappa shape index (κ1) is 9.26. The second-order valence-electron chi connectivity index (χ2n) is 2.60. The monoisotopic (exact) mass is 280 g/mol. The van der Waals surface area contributed by atoms with Crippen molar-refractivity contribution in [2.45, 2.75) is 19.9 Å². The van der Waals surface area contributed by atoms with Crippen LogP contribution in [0.3, 0.4) is 0 Å². The van der Waals surface area contributed by atoms with Crippen LogP contribution < -0.4 is 0 Å². The van der Waals surface area contributed by atoms with Gasteiger partial charge in [0.25, 0.3) is 0 Å². The highest BCUT2D eigenvalue weighted by Gasteiger charge is 2.20. The fourth-order valence-corrected chi connectivity index (χ4v) is 1.85. The summed E-state index contributed by atoms with van der Waals surface area (Å²) in [5.41, 5.74) is 1.01. The molecule has 1 rings (SSSR count). The first-order chi connectivity index (χ1) is 5.04. The molecular formula is C7H10Br2N2. The maximum Gasteiger partial charge on any atom is 0.105 e. The molecule has 1 unspecified atom stereocenters. The molecule has 1 aliphatic heterocycles. The van der Waals surface area contributed by atoms with E-state index in [4.69, 9.17) is 0 Å². The van der Waals surface area contributed by atoms with E-state index in [-0.39, 0.29) is 0 Å². The van der Waals surface area contributed by atoms with E-state index in [0.717, 1.165) is 14.9 Å². The summed E-state index contributed by atoms with van der Waals surface area (Å²) in [5.74, 6) is 0. The predicted molar refractivity (Wildman–Crippen MR) is 55.2 cm³/mol. The maximum absolute atomic E-state index is 4.32. The number of nitrogens with zero attached hydrogens (tertiary/aromatic N) is 2. The Bertz CT molecular complexity index is 233. The minimum absolute atomic E-state index is 0.327. The van der Waals surface area contributed by atoms with Crippen molar-refractivity contribution < 1.29 is 0 Å². The average molecular weight is 282 g/mol. The van der Waals surface area contributed by atoms with Crippen LogP contribution in [0, 0.1) is 0 Å². The molecule has 0 aromatic heterocycles. The summed E-state index contributed by atoms with van der Waals surface area (Å²) in [4.78, 5) is 6.45. The number of allylic oxidation sites excluding steroid dienone is 1. The van der Waals surface area contributed by atoms with Crippen molar-refractivity contribution in [3.05, 3.63) is 10.3 Å². The lowest BCUT2D eigenvalue weighted by molar-refractivity contribution is 0.412. The predicted octanol–water partition coefficient (Wildman–Crippen LogP) is 2.70. The molecule has 1 aliphatic rings. The van der Waals surface area contributed by atoms with E-state index >= 15 is 0 Å². The summed E-state index contributed by atoms with van der Waals surface area (Å²) in [7, 11) is 2.04. The van der Waals surface area contributed by atoms with E-state index in [9.17, 15) is 0 Å². The second kappa shape index (κ2) is 3.27. The van der Waals surface area contributed by atoms with Crippen LogP contribution in [-0.2, 0) is 0 Å². The van der Waals surface area contributed by atoms with Gasteiger partial charge in [0, 0.05) is 7.05 Å². The van der Waals surface area contributed by atoms with Gasteiger partial charge in [0.2, 0.25) is 0 Å². The number of halogens is 2. The van der Waals surface area contributed by atoms with Crippen molar-refractivity contribution in [3.8, 4) is 0 Å². The summed E-state index contributed by atoms with van der Waals surface area (Å²) in [5, 5.41) is 0. The standard InChI is InChI=1S/C7H10Br2N2/c1-4-7(9)11(3)5(2)6(8)10-4/h5H,1-3H3. The van der Waals surface area contributed by atoms with E-state index in [1.54, 1.807) is 0 Å². The van der Waals surface area contributed by atoms with E-state index in [1.165, 1.54) is 0 Å². The van der Waals surface area contributed by atoms with Gasteiger partial charge in [0.05, 0.1) is 11.7 Å². The summed E-state index contributed by atoms with van der Waals surface area (Å²) in [6, 6.07) is 0.327. The molecule has 0 saturated heterocycles. The van der Waals surface area contributed by atoms with Crippen molar-refractivity contribution in [3.63, 3.8) is 0 Å². The van der Waals surface area contributed by atoms with Crippen molar-refractivity contribution in [2.24, 2.45) is 4.99 Å². The van der Waals surface area contributed by atoms with Crippen LogP contribution in [0.5, 0.6) is 0 Å². The Morgan fingerprint density at radius 1 is 1.45 bits per heavy atom. The highest BCUT2D eigenvalue weighted by Crippen LogP contribution is 2.25. The Morgan fingerprint density at radius 3 is 2.55 bits per heavy atom. The van der Waals surface area contributed by atoms with Crippen LogP contribution in [0.4, 0.5) is 0 Å². The van der Waals surface area contributed by atoms with Gasteiger partial charge >= 0.3 is 0 Å². The minimum atomic E-state index is 0.327. The summed E-state index contributed by atoms with van der Waals surface area (Å²) in [6.07, 6.45) is 0. The summed E-state index contributed by atoms with van der Waals surface area (Å²) in [6.45, 7) is 4.08. The SMILES string of the molecule is CC1=C(Br)N(C)C(C)C(Br)=N1. The first-order valence-corrected chi connectivity index (χ1v) is 4.96. The zero-order valence-electron chi connectivity index (χ0n) is 6.73. The molecule has 0 aromatic rings. The number of rotatable bonds is 0. The molecule has 1 heterocycles. The fraction of sp³-hybridized carbons (Fsp3) is 0.571. The first-order valence-electron chi connectivity index (χ1n) is 3.37. The lowest BCUT2D eigenvalue weighted by Crippen LogP contribution is -2.34. The topological polar surface area (TPSA) is 15.6 Å². The van der Waals surface area contributed by atoms with Crippen LogP contribution in [0.25, 0.3) is 0 Å². The van der Waals surface area contributed by atoms with Gasteiger partial charge < -0.3 is 4.90 Å². The average Bonchev–Trinajstić information content (AvgIpc) is 1.97. The van der Waals surface area contributed by atoms with E-state index in [2.05, 4.69) is 48.7 Å². The molecular weight excluding hydrogens is 272 g/mol. The molecule has 11 heavy (non-hydrogen) atoms. The highest BCUT2D eigenvalue weighted by molar-refractivity contribution is 9.18. The molecule has 0 N–H and O–H groups in total. The molecule has 0 spiro atoms. The van der Waals surface area contributed by atoms with Gasteiger partial charge in [0.15, 0.2) is 0 Å². The molecule has 2 nitrogen and oxygen atoms in total. The Labute approximate surface area is 83.6 Å². The van der Waals surface area contributed by atoms with Gasteiger partial charge in [-0.25, -0.2) is 4.99 Å². The van der Waals surface area contributed by atoms with Crippen molar-refractivity contribution in [1.29, 1.82) is 0 Å². The Morgan fingerprint density at radius 2 is 2.00 bits per heavy atom. The normalized spacial score (nSPS) is 25.7. The Hall–Kier alpha value is 0.170. The van der Waals surface area contributed by atoms with Crippen molar-refractivity contribution >= 4 is 36.5 Å². The lowest BCUT2D eigenvalue weighted by Gasteiger charge is -2.29. The minimum Gasteiger partial charge on any atom is -0.359 e. The third kappa shape index (κ3) is 1.67. The third-order valence-electron chi connectivity index (χ3n) is 1.81. The van der Waals surface area contributed by atoms with E-state index in [0.29, 0.717) is 6.04 Å². The Kier molecular flexibility index (Phi) is 2.75. The number of hydrogen-bond acceptors (Lipinski definition) is 2. The Balaban J connectivity index is 3.01. The molecule has 1 atom stereocenters. The van der Waals surface area contributed by atoms with Crippen LogP contribution in [0.15, 0.2) is 15.3 Å². The quantitative estimate of drug-likeness (QED) is 0.624. The van der Waals surface area contributed by atoms with Gasteiger partial charge in [-0.3, -0.25) is 0 Å². The summed E-state index contributed by atoms with van der Waals surface area (Å²) < 4.78 is 2.05. The maximum atomic E-state index is 4.32. The molecule has 0 aliphatic carbocycles. The molecule has 62 valence electrons. The summed E-state index contributed by atoms with van der Waals surface area (Å²) >= 11 is 6.88. The second-order valence-corrected chi connectivity index (χ2v) is 4.16. The van der Waals surface area contributed by atoms with Crippen LogP contribution in [0.2, 0.25) is 0 Å². The molecule has 0 radical (unpaired) electrons. The largest absolute Gasteiger partial charge is 0.359 e. The van der Waals surface area contributed by atoms with Gasteiger partial charge in [-0.2, -0.15) is 0 Å². The third-order valence-corrected chi connectivity index (χ3v) is 3.78. The lowest BCUT2D eigenvalue weighted by atomic mass is 10.3. The molecule has 4 heteroatoms. The van der Waals surface area contributed by atoms with Crippen LogP contribution in [0.1, 0.15) is 13.8 Å². The van der Waals surface area contributed by atoms with Gasteiger partial charge in [-0.05, 0) is 45.7 Å². The zero-order valence-corrected chi connectivity index (χ0v) is 9.90. The fourth-order valence-electron chi connectivity index (χ4n) is 0.885. The van der Waals surface area contributed by atoms with Gasteiger partial charge in [-0.15, -0.1) is 0 Å². The van der Waals surface area contributed by atoms with Crippen molar-refractivity contribution in [2.75, 3.05) is 7.05 Å². The van der Waals surface area contributed by atoms with Crippen molar-refractivity contribution in [1.82, 2.24) is 4.90 Å². The van der Waals surface area contributed by atoms with Gasteiger partial charge in [-0.1, -0.05) is 0 Å². The highest BCUT2D eigenvalue weighted by atomic mass is 79.9. The number of aliphatic imine (C=N–C) groups is 1. The zero-order chi connectivity index (χ0) is 8.59. The molecule has 0 aromatic carbocycles. The van der Waals surface area contributed by atoms with Crippen LogP contribution in [-0.4, -0.2) is 22.6 Å². The number of hydrogen-bond donors (Lipinski definition) is 0. The molecule has 0 bridgehead atoms. The van der Waals surface area contributed by atoms with Crippen LogP contribution >= 0.6 is 31.9 Å². The van der Waals surface area contributed by atoms with E-state index < -0.39 is 0 Å². The smallest absolute Gasteiger partial charge is 0.105 e. The molecule has 0 amide bonds. The van der Waals surface area contributed by atoms with Gasteiger partial charge in [0.1, 0.15) is 9.23 Å². The molecule has 0 saturated carbocycles. The van der Waals surface area contributed by atoms with E-state index in [1.807, 2.05) is 14.0 Å². The molecule has 0 fully saturated rings.